The zero-order valence-electron chi connectivity index (χ0n) is 23.2. The second kappa shape index (κ2) is 14.4. The van der Waals surface area contributed by atoms with Gasteiger partial charge in [-0.3, -0.25) is 13.9 Å². The summed E-state index contributed by atoms with van der Waals surface area (Å²) < 4.78 is 31.8. The van der Waals surface area contributed by atoms with E-state index < -0.39 is 16.1 Å². The number of benzene rings is 2. The van der Waals surface area contributed by atoms with Gasteiger partial charge in [-0.2, -0.15) is 0 Å². The van der Waals surface area contributed by atoms with Crippen LogP contribution in [0.15, 0.2) is 42.5 Å². The highest BCUT2D eigenvalue weighted by atomic mass is 35.5. The standard InChI is InChI=1S/C28H40ClN3O5S/c1-7-20(3)30-28(34)25(8-2)31(19-22-12-9-13-23(18-22)37-5)27(33)16-11-17-32(38(6,35)36)26-15-10-14-24(29)21(26)4/h9-10,12-15,18,20,25H,7-8,11,16-17,19H2,1-6H3,(H,30,34)/t20-,25-/m1/s1. The average molecular weight is 566 g/mol. The van der Waals surface area contributed by atoms with Gasteiger partial charge in [0.25, 0.3) is 0 Å². The molecule has 0 unspecified atom stereocenters. The third kappa shape index (κ3) is 8.63. The molecular weight excluding hydrogens is 526 g/mol. The second-order valence-corrected chi connectivity index (χ2v) is 11.8. The Morgan fingerprint density at radius 1 is 1.11 bits per heavy atom. The second-order valence-electron chi connectivity index (χ2n) is 9.44. The summed E-state index contributed by atoms with van der Waals surface area (Å²) in [7, 11) is -2.04. The number of amides is 2. The van der Waals surface area contributed by atoms with Crippen LogP contribution in [-0.4, -0.2) is 57.1 Å². The van der Waals surface area contributed by atoms with Gasteiger partial charge in [0.05, 0.1) is 19.1 Å². The Labute approximate surface area is 232 Å². The lowest BCUT2D eigenvalue weighted by Crippen LogP contribution is -2.50. The molecule has 0 fully saturated rings. The molecule has 1 N–H and O–H groups in total. The van der Waals surface area contributed by atoms with Gasteiger partial charge >= 0.3 is 0 Å². The Morgan fingerprint density at radius 2 is 1.79 bits per heavy atom. The van der Waals surface area contributed by atoms with Gasteiger partial charge in [-0.05, 0) is 68.5 Å². The van der Waals surface area contributed by atoms with E-state index in [4.69, 9.17) is 16.3 Å². The Kier molecular flexibility index (Phi) is 11.9. The van der Waals surface area contributed by atoms with E-state index in [2.05, 4.69) is 5.32 Å². The van der Waals surface area contributed by atoms with Crippen molar-refractivity contribution in [3.63, 3.8) is 0 Å². The number of ether oxygens (including phenoxy) is 1. The summed E-state index contributed by atoms with van der Waals surface area (Å²) in [4.78, 5) is 28.3. The number of methoxy groups -OCH3 is 1. The highest BCUT2D eigenvalue weighted by Gasteiger charge is 2.29. The first-order valence-electron chi connectivity index (χ1n) is 12.9. The van der Waals surface area contributed by atoms with Crippen molar-refractivity contribution in [2.45, 2.75) is 72.0 Å². The largest absolute Gasteiger partial charge is 0.497 e. The lowest BCUT2D eigenvalue weighted by molar-refractivity contribution is -0.141. The van der Waals surface area contributed by atoms with Crippen LogP contribution in [0.1, 0.15) is 57.6 Å². The van der Waals surface area contributed by atoms with Crippen LogP contribution < -0.4 is 14.4 Å². The van der Waals surface area contributed by atoms with Gasteiger partial charge in [0.2, 0.25) is 21.8 Å². The number of anilines is 1. The maximum atomic E-state index is 13.6. The fourth-order valence-electron chi connectivity index (χ4n) is 4.18. The van der Waals surface area contributed by atoms with Crippen molar-refractivity contribution in [1.29, 1.82) is 0 Å². The van der Waals surface area contributed by atoms with E-state index in [1.54, 1.807) is 37.1 Å². The minimum Gasteiger partial charge on any atom is -0.497 e. The molecule has 2 aromatic carbocycles. The maximum Gasteiger partial charge on any atom is 0.243 e. The van der Waals surface area contributed by atoms with Crippen molar-refractivity contribution < 1.29 is 22.7 Å². The van der Waals surface area contributed by atoms with Crippen LogP contribution in [0, 0.1) is 6.92 Å². The summed E-state index contributed by atoms with van der Waals surface area (Å²) in [6.07, 6.45) is 2.70. The van der Waals surface area contributed by atoms with Gasteiger partial charge in [0.15, 0.2) is 0 Å². The molecule has 0 saturated heterocycles. The van der Waals surface area contributed by atoms with Crippen LogP contribution >= 0.6 is 11.6 Å². The molecular formula is C28H40ClN3O5S. The summed E-state index contributed by atoms with van der Waals surface area (Å²) in [5.74, 6) is 0.230. The number of nitrogens with one attached hydrogen (secondary N) is 1. The van der Waals surface area contributed by atoms with Gasteiger partial charge in [0, 0.05) is 30.6 Å². The SMILES string of the molecule is CC[C@@H](C)NC(=O)[C@@H](CC)N(Cc1cccc(OC)c1)C(=O)CCCN(c1cccc(Cl)c1C)S(C)(=O)=O. The summed E-state index contributed by atoms with van der Waals surface area (Å²) in [6, 6.07) is 11.8. The van der Waals surface area contributed by atoms with Crippen molar-refractivity contribution in [2.24, 2.45) is 0 Å². The average Bonchev–Trinajstić information content (AvgIpc) is 2.87. The van der Waals surface area contributed by atoms with Gasteiger partial charge in [0.1, 0.15) is 11.8 Å². The van der Waals surface area contributed by atoms with E-state index in [9.17, 15) is 18.0 Å². The van der Waals surface area contributed by atoms with E-state index in [-0.39, 0.29) is 43.8 Å². The number of halogens is 1. The number of hydrogen-bond acceptors (Lipinski definition) is 5. The quantitative estimate of drug-likeness (QED) is 0.350. The fraction of sp³-hybridized carbons (Fsp3) is 0.500. The van der Waals surface area contributed by atoms with E-state index in [1.165, 1.54) is 4.31 Å². The maximum absolute atomic E-state index is 13.6. The molecule has 0 spiro atoms. The number of carbonyl (C=O) groups is 2. The van der Waals surface area contributed by atoms with Crippen LogP contribution in [0.25, 0.3) is 0 Å². The third-order valence-electron chi connectivity index (χ3n) is 6.53. The summed E-state index contributed by atoms with van der Waals surface area (Å²) in [5, 5.41) is 3.46. The van der Waals surface area contributed by atoms with Crippen LogP contribution in [0.4, 0.5) is 5.69 Å². The topological polar surface area (TPSA) is 96.0 Å². The minimum absolute atomic E-state index is 0.0189. The molecule has 8 nitrogen and oxygen atoms in total. The molecule has 0 heterocycles. The van der Waals surface area contributed by atoms with Gasteiger partial charge in [-0.15, -0.1) is 0 Å². The molecule has 2 amide bonds. The molecule has 0 aliphatic carbocycles. The number of nitrogens with zero attached hydrogens (tertiary/aromatic N) is 2. The first-order chi connectivity index (χ1) is 17.9. The Balaban J connectivity index is 2.28. The molecule has 0 saturated carbocycles. The summed E-state index contributed by atoms with van der Waals surface area (Å²) >= 11 is 6.23. The van der Waals surface area contributed by atoms with Gasteiger partial charge < -0.3 is 15.0 Å². The van der Waals surface area contributed by atoms with Crippen LogP contribution in [0.5, 0.6) is 5.75 Å². The first kappa shape index (κ1) is 31.4. The van der Waals surface area contributed by atoms with E-state index in [1.807, 2.05) is 45.0 Å². The molecule has 0 radical (unpaired) electrons. The monoisotopic (exact) mass is 565 g/mol. The van der Waals surface area contributed by atoms with Crippen LogP contribution in [0.2, 0.25) is 5.02 Å². The summed E-state index contributed by atoms with van der Waals surface area (Å²) in [6.45, 7) is 7.88. The molecule has 0 aromatic heterocycles. The van der Waals surface area contributed by atoms with Crippen LogP contribution in [0.3, 0.4) is 0 Å². The van der Waals surface area contributed by atoms with E-state index in [0.717, 1.165) is 18.2 Å². The Bertz CT molecular complexity index is 1200. The highest BCUT2D eigenvalue weighted by Crippen LogP contribution is 2.28. The number of carbonyl (C=O) groups excluding carboxylic acids is 2. The molecule has 2 atom stereocenters. The lowest BCUT2D eigenvalue weighted by atomic mass is 10.1. The molecule has 210 valence electrons. The minimum atomic E-state index is -3.61. The predicted octanol–water partition coefficient (Wildman–Crippen LogP) is 4.93. The van der Waals surface area contributed by atoms with Crippen LogP contribution in [-0.2, 0) is 26.2 Å². The van der Waals surface area contributed by atoms with Crippen molar-refractivity contribution >= 4 is 39.1 Å². The zero-order valence-corrected chi connectivity index (χ0v) is 24.7. The van der Waals surface area contributed by atoms with E-state index in [0.29, 0.717) is 28.4 Å². The number of rotatable bonds is 14. The smallest absolute Gasteiger partial charge is 0.243 e. The molecule has 38 heavy (non-hydrogen) atoms. The predicted molar refractivity (Wildman–Crippen MR) is 153 cm³/mol. The third-order valence-corrected chi connectivity index (χ3v) is 8.12. The Hall–Kier alpha value is -2.78. The molecule has 10 heteroatoms. The van der Waals surface area contributed by atoms with Crippen molar-refractivity contribution in [3.05, 3.63) is 58.6 Å². The highest BCUT2D eigenvalue weighted by molar-refractivity contribution is 7.92. The molecule has 2 aromatic rings. The number of sulfonamides is 1. The van der Waals surface area contributed by atoms with Crippen molar-refractivity contribution in [3.8, 4) is 5.75 Å². The summed E-state index contributed by atoms with van der Waals surface area (Å²) in [5.41, 5.74) is 1.97. The normalized spacial score (nSPS) is 12.9. The lowest BCUT2D eigenvalue weighted by Gasteiger charge is -2.32. The fourth-order valence-corrected chi connectivity index (χ4v) is 5.36. The van der Waals surface area contributed by atoms with E-state index >= 15 is 0 Å². The van der Waals surface area contributed by atoms with Crippen molar-refractivity contribution in [2.75, 3.05) is 24.2 Å². The zero-order chi connectivity index (χ0) is 28.5. The van der Waals surface area contributed by atoms with Gasteiger partial charge in [-0.25, -0.2) is 8.42 Å². The molecule has 0 aliphatic heterocycles. The first-order valence-corrected chi connectivity index (χ1v) is 15.1. The van der Waals surface area contributed by atoms with Crippen molar-refractivity contribution in [1.82, 2.24) is 10.2 Å². The Morgan fingerprint density at radius 3 is 2.39 bits per heavy atom. The molecule has 0 bridgehead atoms. The molecule has 2 rings (SSSR count). The molecule has 0 aliphatic rings. The number of hydrogen-bond donors (Lipinski definition) is 1. The van der Waals surface area contributed by atoms with Gasteiger partial charge in [-0.1, -0.05) is 43.6 Å².